The third-order valence-corrected chi connectivity index (χ3v) is 3.22. The van der Waals surface area contributed by atoms with E-state index in [0.29, 0.717) is 6.54 Å². The molecular weight excluding hydrogens is 294 g/mol. The van der Waals surface area contributed by atoms with Gasteiger partial charge in [-0.25, -0.2) is 15.0 Å². The van der Waals surface area contributed by atoms with Crippen LogP contribution in [0.1, 0.15) is 18.6 Å². The molecule has 92 valence electrons. The lowest BCUT2D eigenvalue weighted by molar-refractivity contribution is 0.706. The number of aromatic nitrogens is 5. The topological polar surface area (TPSA) is 59.4 Å². The van der Waals surface area contributed by atoms with Crippen LogP contribution in [-0.2, 0) is 13.0 Å². The molecule has 3 heterocycles. The van der Waals surface area contributed by atoms with E-state index in [1.807, 2.05) is 18.5 Å². The summed E-state index contributed by atoms with van der Waals surface area (Å²) in [6, 6.07) is 1.98. The molecule has 0 fully saturated rings. The highest BCUT2D eigenvalue weighted by Crippen LogP contribution is 2.15. The van der Waals surface area contributed by atoms with E-state index in [4.69, 9.17) is 0 Å². The maximum atomic E-state index is 4.47. The van der Waals surface area contributed by atoms with Crippen molar-refractivity contribution in [2.24, 2.45) is 0 Å². The van der Waals surface area contributed by atoms with Gasteiger partial charge in [0.25, 0.3) is 0 Å². The highest BCUT2D eigenvalue weighted by atomic mass is 79.9. The molecule has 0 spiro atoms. The predicted octanol–water partition coefficient (Wildman–Crippen LogP) is 2.53. The smallest absolute Gasteiger partial charge is 0.177 e. The van der Waals surface area contributed by atoms with E-state index in [1.54, 1.807) is 6.20 Å². The summed E-state index contributed by atoms with van der Waals surface area (Å²) in [6.07, 6.45) is 6.45. The molecule has 0 aliphatic heterocycles. The van der Waals surface area contributed by atoms with Crippen molar-refractivity contribution in [1.29, 1.82) is 0 Å². The Hall–Kier alpha value is -1.69. The van der Waals surface area contributed by atoms with Crippen molar-refractivity contribution in [2.75, 3.05) is 0 Å². The normalized spacial score (nSPS) is 11.2. The van der Waals surface area contributed by atoms with E-state index in [2.05, 4.69) is 47.4 Å². The fourth-order valence-corrected chi connectivity index (χ4v) is 2.29. The van der Waals surface area contributed by atoms with E-state index < -0.39 is 0 Å². The van der Waals surface area contributed by atoms with Crippen molar-refractivity contribution >= 4 is 27.1 Å². The van der Waals surface area contributed by atoms with Gasteiger partial charge in [-0.3, -0.25) is 0 Å². The predicted molar refractivity (Wildman–Crippen MR) is 72.3 cm³/mol. The van der Waals surface area contributed by atoms with Crippen LogP contribution >= 0.6 is 15.9 Å². The number of aryl methyl sites for hydroxylation is 1. The zero-order valence-corrected chi connectivity index (χ0v) is 11.5. The van der Waals surface area contributed by atoms with Crippen molar-refractivity contribution < 1.29 is 0 Å². The summed E-state index contributed by atoms with van der Waals surface area (Å²) >= 11 is 3.40. The zero-order chi connectivity index (χ0) is 12.5. The molecule has 0 aromatic carbocycles. The summed E-state index contributed by atoms with van der Waals surface area (Å²) in [5.74, 6) is 1.95. The van der Waals surface area contributed by atoms with Crippen LogP contribution < -0.4 is 0 Å². The van der Waals surface area contributed by atoms with Crippen LogP contribution in [0.4, 0.5) is 0 Å². The fraction of sp³-hybridized carbons (Fsp3) is 0.250. The molecule has 0 bridgehead atoms. The second-order valence-corrected chi connectivity index (χ2v) is 4.95. The maximum Gasteiger partial charge on any atom is 0.177 e. The highest BCUT2D eigenvalue weighted by Gasteiger charge is 2.07. The lowest BCUT2D eigenvalue weighted by Gasteiger charge is -2.02. The highest BCUT2D eigenvalue weighted by molar-refractivity contribution is 9.10. The van der Waals surface area contributed by atoms with Gasteiger partial charge in [-0.05, 0) is 22.0 Å². The van der Waals surface area contributed by atoms with E-state index in [-0.39, 0.29) is 0 Å². The summed E-state index contributed by atoms with van der Waals surface area (Å²) in [7, 11) is 0. The lowest BCUT2D eigenvalue weighted by atomic mass is 10.4. The van der Waals surface area contributed by atoms with Crippen molar-refractivity contribution in [2.45, 2.75) is 19.9 Å². The zero-order valence-electron chi connectivity index (χ0n) is 9.89. The van der Waals surface area contributed by atoms with Gasteiger partial charge < -0.3 is 9.55 Å². The Balaban J connectivity index is 1.95. The molecule has 5 nitrogen and oxygen atoms in total. The van der Waals surface area contributed by atoms with Crippen LogP contribution in [-0.4, -0.2) is 24.5 Å². The van der Waals surface area contributed by atoms with Crippen LogP contribution in [0, 0.1) is 0 Å². The Kier molecular flexibility index (Phi) is 2.87. The van der Waals surface area contributed by atoms with Gasteiger partial charge in [-0.2, -0.15) is 0 Å². The first-order valence-electron chi connectivity index (χ1n) is 5.76. The largest absolute Gasteiger partial charge is 0.339 e. The first kappa shape index (κ1) is 11.4. The molecule has 0 saturated heterocycles. The molecule has 0 amide bonds. The molecular formula is C12H12BrN5. The van der Waals surface area contributed by atoms with Gasteiger partial charge in [0.05, 0.1) is 12.1 Å². The van der Waals surface area contributed by atoms with Gasteiger partial charge in [0.1, 0.15) is 11.6 Å². The van der Waals surface area contributed by atoms with Gasteiger partial charge >= 0.3 is 0 Å². The summed E-state index contributed by atoms with van der Waals surface area (Å²) < 4.78 is 3.04. The van der Waals surface area contributed by atoms with E-state index in [1.165, 1.54) is 0 Å². The average Bonchev–Trinajstić information content (AvgIpc) is 2.94. The number of rotatable bonds is 3. The van der Waals surface area contributed by atoms with Gasteiger partial charge in [-0.15, -0.1) is 0 Å². The first-order valence-corrected chi connectivity index (χ1v) is 6.55. The standard InChI is InChI=1S/C12H12BrN5/c1-2-11-14-3-4-18(11)7-10-16-9-5-8(13)6-15-12(9)17-10/h3-6H,2,7H2,1H3,(H,15,16,17). The number of nitrogens with one attached hydrogen (secondary N) is 1. The molecule has 0 atom stereocenters. The first-order chi connectivity index (χ1) is 8.76. The Morgan fingerprint density at radius 2 is 2.28 bits per heavy atom. The second-order valence-electron chi connectivity index (χ2n) is 4.03. The average molecular weight is 306 g/mol. The Bertz CT molecular complexity index is 685. The van der Waals surface area contributed by atoms with Crippen LogP contribution in [0.25, 0.3) is 11.2 Å². The minimum Gasteiger partial charge on any atom is -0.339 e. The van der Waals surface area contributed by atoms with E-state index in [9.17, 15) is 0 Å². The van der Waals surface area contributed by atoms with Crippen molar-refractivity contribution in [3.63, 3.8) is 0 Å². The van der Waals surface area contributed by atoms with Crippen molar-refractivity contribution in [3.8, 4) is 0 Å². The Morgan fingerprint density at radius 1 is 1.39 bits per heavy atom. The molecule has 0 unspecified atom stereocenters. The van der Waals surface area contributed by atoms with Crippen molar-refractivity contribution in [1.82, 2.24) is 24.5 Å². The van der Waals surface area contributed by atoms with Crippen LogP contribution in [0.2, 0.25) is 0 Å². The molecule has 0 aliphatic carbocycles. The van der Waals surface area contributed by atoms with Gasteiger partial charge in [-0.1, -0.05) is 6.92 Å². The van der Waals surface area contributed by atoms with E-state index in [0.717, 1.165) is 33.7 Å². The summed E-state index contributed by atoms with van der Waals surface area (Å²) in [5.41, 5.74) is 1.68. The number of aromatic amines is 1. The molecule has 0 saturated carbocycles. The van der Waals surface area contributed by atoms with Gasteiger partial charge in [0.2, 0.25) is 0 Å². The fourth-order valence-electron chi connectivity index (χ4n) is 1.96. The molecule has 18 heavy (non-hydrogen) atoms. The monoisotopic (exact) mass is 305 g/mol. The number of fused-ring (bicyclic) bond motifs is 1. The Morgan fingerprint density at radius 3 is 3.11 bits per heavy atom. The molecule has 3 aromatic heterocycles. The summed E-state index contributed by atoms with van der Waals surface area (Å²) in [6.45, 7) is 2.79. The minimum atomic E-state index is 0.692. The minimum absolute atomic E-state index is 0.692. The number of pyridine rings is 1. The number of halogens is 1. The molecule has 0 aliphatic rings. The maximum absolute atomic E-state index is 4.47. The molecule has 3 aromatic rings. The van der Waals surface area contributed by atoms with Crippen LogP contribution in [0.3, 0.4) is 0 Å². The lowest BCUT2D eigenvalue weighted by Crippen LogP contribution is -2.04. The number of hydrogen-bond acceptors (Lipinski definition) is 3. The molecule has 1 N–H and O–H groups in total. The number of H-pyrrole nitrogens is 1. The SMILES string of the molecule is CCc1nccn1Cc1nc2ncc(Br)cc2[nH]1. The summed E-state index contributed by atoms with van der Waals surface area (Å²) in [5, 5.41) is 0. The number of hydrogen-bond donors (Lipinski definition) is 1. The third-order valence-electron chi connectivity index (χ3n) is 2.79. The van der Waals surface area contributed by atoms with Crippen LogP contribution in [0.15, 0.2) is 29.1 Å². The number of nitrogens with zero attached hydrogens (tertiary/aromatic N) is 4. The second kappa shape index (κ2) is 4.53. The quantitative estimate of drug-likeness (QED) is 0.809. The Labute approximate surface area is 112 Å². The third kappa shape index (κ3) is 2.03. The van der Waals surface area contributed by atoms with Gasteiger partial charge in [0, 0.05) is 29.5 Å². The molecule has 0 radical (unpaired) electrons. The van der Waals surface area contributed by atoms with Crippen molar-refractivity contribution in [3.05, 3.63) is 40.8 Å². The van der Waals surface area contributed by atoms with Gasteiger partial charge in [0.15, 0.2) is 5.65 Å². The summed E-state index contributed by atoms with van der Waals surface area (Å²) in [4.78, 5) is 16.3. The molecule has 6 heteroatoms. The van der Waals surface area contributed by atoms with E-state index >= 15 is 0 Å². The molecule has 3 rings (SSSR count). The number of imidazole rings is 2. The van der Waals surface area contributed by atoms with Crippen LogP contribution in [0.5, 0.6) is 0 Å².